The first-order chi connectivity index (χ1) is 13.8. The van der Waals surface area contributed by atoms with Gasteiger partial charge in [-0.1, -0.05) is 0 Å². The number of carbonyl (C=O) groups is 3. The van der Waals surface area contributed by atoms with Crippen LogP contribution in [0.1, 0.15) is 62.4 Å². The van der Waals surface area contributed by atoms with Crippen LogP contribution in [0.5, 0.6) is 5.75 Å². The number of nitrogens with one attached hydrogen (secondary N) is 1. The number of ether oxygens (including phenoxy) is 1. The Balaban J connectivity index is 1.45. The molecule has 1 N–H and O–H groups in total. The van der Waals surface area contributed by atoms with Gasteiger partial charge in [0.2, 0.25) is 11.8 Å². The molecule has 3 amide bonds. The number of rotatable bonds is 4. The number of imide groups is 1. The summed E-state index contributed by atoms with van der Waals surface area (Å²) in [7, 11) is 0. The SMILES string of the molecule is CC(C)N1C[C@H](Oc2ccc3c(c2)CN(C2CCC(=O)NC2=O)C3=O)CC[C@@H]1C. The first-order valence-electron chi connectivity index (χ1n) is 10.5. The fourth-order valence-electron chi connectivity index (χ4n) is 4.73. The number of piperidine rings is 2. The van der Waals surface area contributed by atoms with Crippen molar-refractivity contribution in [2.75, 3.05) is 6.54 Å². The summed E-state index contributed by atoms with van der Waals surface area (Å²) >= 11 is 0. The van der Waals surface area contributed by atoms with Gasteiger partial charge in [0.15, 0.2) is 0 Å². The maximum atomic E-state index is 12.8. The standard InChI is InChI=1S/C22H29N3O4/c1-13(2)24-12-17(5-4-14(24)3)29-16-6-7-18-15(10-16)11-25(22(18)28)19-8-9-20(26)23-21(19)27/h6-7,10,13-14,17,19H,4-5,8-9,11-12H2,1-3H3,(H,23,26,27)/t14-,17+,19?/m0/s1. The van der Waals surface area contributed by atoms with Gasteiger partial charge >= 0.3 is 0 Å². The Morgan fingerprint density at radius 3 is 2.66 bits per heavy atom. The first-order valence-corrected chi connectivity index (χ1v) is 10.5. The van der Waals surface area contributed by atoms with Crippen LogP contribution in [-0.2, 0) is 16.1 Å². The van der Waals surface area contributed by atoms with E-state index in [2.05, 4.69) is 31.0 Å². The molecule has 1 aromatic carbocycles. The molecule has 1 aromatic rings. The van der Waals surface area contributed by atoms with E-state index in [0.717, 1.165) is 30.7 Å². The van der Waals surface area contributed by atoms with E-state index in [0.29, 0.717) is 30.6 Å². The maximum absolute atomic E-state index is 12.8. The molecule has 2 fully saturated rings. The third-order valence-electron chi connectivity index (χ3n) is 6.35. The molecular weight excluding hydrogens is 370 g/mol. The van der Waals surface area contributed by atoms with Crippen molar-refractivity contribution in [1.29, 1.82) is 0 Å². The highest BCUT2D eigenvalue weighted by Gasteiger charge is 2.39. The molecule has 0 spiro atoms. The van der Waals surface area contributed by atoms with Crippen molar-refractivity contribution in [3.63, 3.8) is 0 Å². The van der Waals surface area contributed by atoms with Crippen LogP contribution in [0.15, 0.2) is 18.2 Å². The van der Waals surface area contributed by atoms with Crippen molar-refractivity contribution in [3.8, 4) is 5.75 Å². The van der Waals surface area contributed by atoms with Gasteiger partial charge in [-0.3, -0.25) is 24.6 Å². The van der Waals surface area contributed by atoms with Gasteiger partial charge < -0.3 is 9.64 Å². The normalized spacial score (nSPS) is 27.9. The molecule has 29 heavy (non-hydrogen) atoms. The Morgan fingerprint density at radius 1 is 1.14 bits per heavy atom. The van der Waals surface area contributed by atoms with Crippen LogP contribution < -0.4 is 10.1 Å². The lowest BCUT2D eigenvalue weighted by Gasteiger charge is -2.40. The van der Waals surface area contributed by atoms with E-state index in [1.54, 1.807) is 11.0 Å². The smallest absolute Gasteiger partial charge is 0.255 e. The number of benzene rings is 1. The van der Waals surface area contributed by atoms with Crippen LogP contribution in [0.3, 0.4) is 0 Å². The summed E-state index contributed by atoms with van der Waals surface area (Å²) in [6.07, 6.45) is 2.89. The summed E-state index contributed by atoms with van der Waals surface area (Å²) < 4.78 is 6.27. The number of likely N-dealkylation sites (tertiary alicyclic amines) is 1. The fraction of sp³-hybridized carbons (Fsp3) is 0.591. The highest BCUT2D eigenvalue weighted by Crippen LogP contribution is 2.31. The van der Waals surface area contributed by atoms with Crippen molar-refractivity contribution in [2.45, 2.75) is 77.2 Å². The number of hydrogen-bond donors (Lipinski definition) is 1. The topological polar surface area (TPSA) is 79.0 Å². The van der Waals surface area contributed by atoms with Crippen LogP contribution >= 0.6 is 0 Å². The molecule has 0 saturated carbocycles. The second kappa shape index (κ2) is 7.78. The predicted octanol–water partition coefficient (Wildman–Crippen LogP) is 2.09. The van der Waals surface area contributed by atoms with Crippen LogP contribution in [0.4, 0.5) is 0 Å². The highest BCUT2D eigenvalue weighted by atomic mass is 16.5. The Morgan fingerprint density at radius 2 is 1.93 bits per heavy atom. The minimum atomic E-state index is -0.587. The van der Waals surface area contributed by atoms with Gasteiger partial charge in [-0.25, -0.2) is 0 Å². The van der Waals surface area contributed by atoms with E-state index >= 15 is 0 Å². The summed E-state index contributed by atoms with van der Waals surface area (Å²) in [5, 5.41) is 2.33. The summed E-state index contributed by atoms with van der Waals surface area (Å²) in [5.41, 5.74) is 1.49. The maximum Gasteiger partial charge on any atom is 0.255 e. The summed E-state index contributed by atoms with van der Waals surface area (Å²) in [5.74, 6) is -0.0456. The largest absolute Gasteiger partial charge is 0.489 e. The van der Waals surface area contributed by atoms with Gasteiger partial charge in [0.25, 0.3) is 5.91 Å². The molecule has 2 saturated heterocycles. The lowest BCUT2D eigenvalue weighted by atomic mass is 9.99. The fourth-order valence-corrected chi connectivity index (χ4v) is 4.73. The molecule has 3 aliphatic rings. The van der Waals surface area contributed by atoms with Crippen molar-refractivity contribution in [1.82, 2.24) is 15.1 Å². The zero-order valence-corrected chi connectivity index (χ0v) is 17.3. The third kappa shape index (κ3) is 3.88. The summed E-state index contributed by atoms with van der Waals surface area (Å²) in [6.45, 7) is 7.96. The second-order valence-corrected chi connectivity index (χ2v) is 8.68. The minimum absolute atomic E-state index is 0.134. The van der Waals surface area contributed by atoms with Crippen LogP contribution in [0.2, 0.25) is 0 Å². The molecule has 0 aromatic heterocycles. The molecule has 7 nitrogen and oxygen atoms in total. The third-order valence-corrected chi connectivity index (χ3v) is 6.35. The lowest BCUT2D eigenvalue weighted by molar-refractivity contribution is -0.136. The van der Waals surface area contributed by atoms with Crippen LogP contribution in [0.25, 0.3) is 0 Å². The van der Waals surface area contributed by atoms with Gasteiger partial charge in [-0.05, 0) is 63.8 Å². The van der Waals surface area contributed by atoms with Gasteiger partial charge in [0.05, 0.1) is 0 Å². The van der Waals surface area contributed by atoms with Gasteiger partial charge in [0.1, 0.15) is 17.9 Å². The van der Waals surface area contributed by atoms with E-state index in [9.17, 15) is 14.4 Å². The minimum Gasteiger partial charge on any atom is -0.489 e. The van der Waals surface area contributed by atoms with E-state index in [-0.39, 0.29) is 30.2 Å². The number of nitrogens with zero attached hydrogens (tertiary/aromatic N) is 2. The van der Waals surface area contributed by atoms with Crippen molar-refractivity contribution in [2.24, 2.45) is 0 Å². The Hall–Kier alpha value is -2.41. The molecular formula is C22H29N3O4. The molecule has 7 heteroatoms. The molecule has 3 aliphatic heterocycles. The Bertz CT molecular complexity index is 837. The highest BCUT2D eigenvalue weighted by molar-refractivity contribution is 6.05. The van der Waals surface area contributed by atoms with E-state index < -0.39 is 6.04 Å². The molecule has 4 rings (SSSR count). The molecule has 1 unspecified atom stereocenters. The van der Waals surface area contributed by atoms with Gasteiger partial charge in [0, 0.05) is 37.2 Å². The number of fused-ring (bicyclic) bond motifs is 1. The zero-order valence-electron chi connectivity index (χ0n) is 17.3. The van der Waals surface area contributed by atoms with E-state index in [1.165, 1.54) is 0 Å². The molecule has 0 aliphatic carbocycles. The van der Waals surface area contributed by atoms with Crippen molar-refractivity contribution < 1.29 is 19.1 Å². The summed E-state index contributed by atoms with van der Waals surface area (Å²) in [6, 6.07) is 6.03. The van der Waals surface area contributed by atoms with Crippen LogP contribution in [-0.4, -0.2) is 58.3 Å². The number of carbonyl (C=O) groups excluding carboxylic acids is 3. The average molecular weight is 399 g/mol. The number of hydrogen-bond acceptors (Lipinski definition) is 5. The van der Waals surface area contributed by atoms with Crippen molar-refractivity contribution in [3.05, 3.63) is 29.3 Å². The zero-order chi connectivity index (χ0) is 20.7. The van der Waals surface area contributed by atoms with Crippen LogP contribution in [0, 0.1) is 0 Å². The van der Waals surface area contributed by atoms with Gasteiger partial charge in [-0.2, -0.15) is 0 Å². The lowest BCUT2D eigenvalue weighted by Crippen LogP contribution is -2.52. The molecule has 0 bridgehead atoms. The quantitative estimate of drug-likeness (QED) is 0.785. The second-order valence-electron chi connectivity index (χ2n) is 8.68. The van der Waals surface area contributed by atoms with E-state index in [1.807, 2.05) is 12.1 Å². The monoisotopic (exact) mass is 399 g/mol. The first kappa shape index (κ1) is 19.9. The number of amides is 3. The Kier molecular flexibility index (Phi) is 5.34. The predicted molar refractivity (Wildman–Crippen MR) is 107 cm³/mol. The molecule has 3 atom stereocenters. The molecule has 0 radical (unpaired) electrons. The van der Waals surface area contributed by atoms with E-state index in [4.69, 9.17) is 4.74 Å². The average Bonchev–Trinajstić information content (AvgIpc) is 2.99. The molecule has 156 valence electrons. The van der Waals surface area contributed by atoms with Gasteiger partial charge in [-0.15, -0.1) is 0 Å². The molecule has 3 heterocycles. The summed E-state index contributed by atoms with van der Waals surface area (Å²) in [4.78, 5) is 40.4. The Labute approximate surface area is 171 Å². The van der Waals surface area contributed by atoms with Crippen molar-refractivity contribution >= 4 is 17.7 Å².